The van der Waals surface area contributed by atoms with Gasteiger partial charge in [-0.05, 0) is 0 Å². The zero-order chi connectivity index (χ0) is 16.8. The van der Waals surface area contributed by atoms with Crippen LogP contribution in [0.1, 0.15) is 0 Å². The molecule has 130 valence electrons. The molecule has 2 heterocycles. The summed E-state index contributed by atoms with van der Waals surface area (Å²) in [6, 6.07) is -0.942. The molecule has 3 amide bonds. The molecule has 0 aromatic carbocycles. The quantitative estimate of drug-likeness (QED) is 0.603. The molecule has 0 saturated carbocycles. The van der Waals surface area contributed by atoms with Crippen molar-refractivity contribution in [3.63, 3.8) is 0 Å². The molecule has 0 aromatic heterocycles. The van der Waals surface area contributed by atoms with Crippen molar-refractivity contribution in [2.24, 2.45) is 0 Å². The first-order chi connectivity index (χ1) is 11.1. The van der Waals surface area contributed by atoms with Gasteiger partial charge in [0.1, 0.15) is 12.6 Å². The smallest absolute Gasteiger partial charge is 0.330 e. The largest absolute Gasteiger partial charge is 0.467 e. The van der Waals surface area contributed by atoms with Crippen LogP contribution in [0, 0.1) is 0 Å². The first kappa shape index (κ1) is 17.5. The first-order valence-electron chi connectivity index (χ1n) is 7.56. The minimum atomic E-state index is -0.804. The Kier molecular flexibility index (Phi) is 6.17. The summed E-state index contributed by atoms with van der Waals surface area (Å²) in [5.41, 5.74) is 0. The van der Waals surface area contributed by atoms with Gasteiger partial charge in [-0.2, -0.15) is 0 Å². The lowest BCUT2D eigenvalue weighted by Crippen LogP contribution is -2.62. The van der Waals surface area contributed by atoms with Crippen molar-refractivity contribution < 1.29 is 28.6 Å². The predicted octanol–water partition coefficient (Wildman–Crippen LogP) is -1.23. The number of methoxy groups -OCH3 is 2. The molecular formula is C14H23N3O6. The van der Waals surface area contributed by atoms with E-state index in [0.29, 0.717) is 32.8 Å². The van der Waals surface area contributed by atoms with Gasteiger partial charge in [0, 0.05) is 33.3 Å². The van der Waals surface area contributed by atoms with Gasteiger partial charge in [0.25, 0.3) is 0 Å². The van der Waals surface area contributed by atoms with Gasteiger partial charge in [0.05, 0.1) is 26.9 Å². The Labute approximate surface area is 135 Å². The molecule has 1 atom stereocenters. The van der Waals surface area contributed by atoms with Crippen LogP contribution in [-0.4, -0.2) is 105 Å². The van der Waals surface area contributed by atoms with Gasteiger partial charge >= 0.3 is 12.0 Å². The number of hydrogen-bond donors (Lipinski definition) is 0. The number of carbonyl (C=O) groups is 3. The first-order valence-corrected chi connectivity index (χ1v) is 7.56. The SMILES string of the molecule is COCC(=O)N1CCN(C(=O)N2CCOCC2)C[C@@H]1C(=O)OC. The van der Waals surface area contributed by atoms with Crippen LogP contribution in [0.5, 0.6) is 0 Å². The van der Waals surface area contributed by atoms with Gasteiger partial charge < -0.3 is 28.9 Å². The van der Waals surface area contributed by atoms with Crippen molar-refractivity contribution in [2.45, 2.75) is 6.04 Å². The number of urea groups is 1. The van der Waals surface area contributed by atoms with E-state index >= 15 is 0 Å². The normalized spacial score (nSPS) is 22.0. The van der Waals surface area contributed by atoms with Gasteiger partial charge in [-0.1, -0.05) is 0 Å². The zero-order valence-corrected chi connectivity index (χ0v) is 13.5. The van der Waals surface area contributed by atoms with Crippen molar-refractivity contribution in [2.75, 3.05) is 66.8 Å². The van der Waals surface area contributed by atoms with Crippen LogP contribution in [-0.2, 0) is 23.8 Å². The number of hydrogen-bond acceptors (Lipinski definition) is 6. The molecule has 2 saturated heterocycles. The fraction of sp³-hybridized carbons (Fsp3) is 0.786. The molecule has 0 radical (unpaired) electrons. The Balaban J connectivity index is 2.04. The number of amides is 3. The Bertz CT molecular complexity index is 452. The molecule has 2 aliphatic heterocycles. The second-order valence-electron chi connectivity index (χ2n) is 5.39. The summed E-state index contributed by atoms with van der Waals surface area (Å²) in [6.45, 7) is 2.76. The Morgan fingerprint density at radius 1 is 1.04 bits per heavy atom. The second kappa shape index (κ2) is 8.11. The van der Waals surface area contributed by atoms with E-state index in [-0.39, 0.29) is 31.6 Å². The molecule has 0 N–H and O–H groups in total. The van der Waals surface area contributed by atoms with E-state index in [4.69, 9.17) is 14.2 Å². The molecular weight excluding hydrogens is 306 g/mol. The van der Waals surface area contributed by atoms with Gasteiger partial charge in [-0.3, -0.25) is 4.79 Å². The summed E-state index contributed by atoms with van der Waals surface area (Å²) in [5.74, 6) is -0.824. The highest BCUT2D eigenvalue weighted by Gasteiger charge is 2.38. The zero-order valence-electron chi connectivity index (χ0n) is 13.5. The van der Waals surface area contributed by atoms with E-state index in [2.05, 4.69) is 0 Å². The van der Waals surface area contributed by atoms with Gasteiger partial charge in [0.15, 0.2) is 0 Å². The van der Waals surface area contributed by atoms with E-state index in [0.717, 1.165) is 0 Å². The molecule has 2 rings (SSSR count). The molecule has 23 heavy (non-hydrogen) atoms. The van der Waals surface area contributed by atoms with E-state index in [1.165, 1.54) is 19.1 Å². The molecule has 0 unspecified atom stereocenters. The lowest BCUT2D eigenvalue weighted by atomic mass is 10.1. The van der Waals surface area contributed by atoms with Crippen molar-refractivity contribution >= 4 is 17.9 Å². The Morgan fingerprint density at radius 2 is 1.74 bits per heavy atom. The molecule has 2 fully saturated rings. The maximum Gasteiger partial charge on any atom is 0.330 e. The van der Waals surface area contributed by atoms with Crippen molar-refractivity contribution in [3.8, 4) is 0 Å². The molecule has 0 spiro atoms. The fourth-order valence-corrected chi connectivity index (χ4v) is 2.75. The summed E-state index contributed by atoms with van der Waals surface area (Å²) in [7, 11) is 2.69. The highest BCUT2D eigenvalue weighted by Crippen LogP contribution is 2.14. The van der Waals surface area contributed by atoms with Gasteiger partial charge in [-0.25, -0.2) is 9.59 Å². The van der Waals surface area contributed by atoms with Crippen molar-refractivity contribution in [1.29, 1.82) is 0 Å². The highest BCUT2D eigenvalue weighted by atomic mass is 16.5. The minimum Gasteiger partial charge on any atom is -0.467 e. The monoisotopic (exact) mass is 329 g/mol. The van der Waals surface area contributed by atoms with Gasteiger partial charge in [0.2, 0.25) is 5.91 Å². The number of ether oxygens (including phenoxy) is 3. The van der Waals surface area contributed by atoms with Crippen LogP contribution in [0.4, 0.5) is 4.79 Å². The van der Waals surface area contributed by atoms with E-state index in [1.54, 1.807) is 9.80 Å². The van der Waals surface area contributed by atoms with Crippen LogP contribution < -0.4 is 0 Å². The molecule has 0 aliphatic carbocycles. The number of esters is 1. The Morgan fingerprint density at radius 3 is 2.35 bits per heavy atom. The maximum absolute atomic E-state index is 12.5. The number of rotatable bonds is 3. The maximum atomic E-state index is 12.5. The topological polar surface area (TPSA) is 88.6 Å². The van der Waals surface area contributed by atoms with Crippen LogP contribution in [0.2, 0.25) is 0 Å². The molecule has 2 aliphatic rings. The third-order valence-corrected chi connectivity index (χ3v) is 3.99. The van der Waals surface area contributed by atoms with Gasteiger partial charge in [-0.15, -0.1) is 0 Å². The molecule has 9 nitrogen and oxygen atoms in total. The lowest BCUT2D eigenvalue weighted by Gasteiger charge is -2.42. The summed E-state index contributed by atoms with van der Waals surface area (Å²) in [6.07, 6.45) is 0. The summed E-state index contributed by atoms with van der Waals surface area (Å²) < 4.78 is 14.9. The van der Waals surface area contributed by atoms with E-state index in [1.807, 2.05) is 0 Å². The summed E-state index contributed by atoms with van der Waals surface area (Å²) in [4.78, 5) is 41.3. The molecule has 9 heteroatoms. The van der Waals surface area contributed by atoms with Crippen LogP contribution in [0.25, 0.3) is 0 Å². The van der Waals surface area contributed by atoms with Crippen molar-refractivity contribution in [1.82, 2.24) is 14.7 Å². The van der Waals surface area contributed by atoms with Crippen LogP contribution in [0.15, 0.2) is 0 Å². The third-order valence-electron chi connectivity index (χ3n) is 3.99. The molecule has 0 aromatic rings. The second-order valence-corrected chi connectivity index (χ2v) is 5.39. The van der Waals surface area contributed by atoms with Crippen LogP contribution >= 0.6 is 0 Å². The lowest BCUT2D eigenvalue weighted by molar-refractivity contribution is -0.157. The van der Waals surface area contributed by atoms with Crippen LogP contribution in [0.3, 0.4) is 0 Å². The van der Waals surface area contributed by atoms with E-state index < -0.39 is 12.0 Å². The average Bonchev–Trinajstić information content (AvgIpc) is 2.60. The number of piperazine rings is 1. The standard InChI is InChI=1S/C14H23N3O6/c1-21-10-12(18)17-4-3-16(9-11(17)13(19)22-2)14(20)15-5-7-23-8-6-15/h11H,3-10H2,1-2H3/t11-/m1/s1. The molecule has 0 bridgehead atoms. The van der Waals surface area contributed by atoms with E-state index in [9.17, 15) is 14.4 Å². The summed E-state index contributed by atoms with van der Waals surface area (Å²) in [5, 5.41) is 0. The fourth-order valence-electron chi connectivity index (χ4n) is 2.75. The number of carbonyl (C=O) groups excluding carboxylic acids is 3. The highest BCUT2D eigenvalue weighted by molar-refractivity contribution is 5.86. The van der Waals surface area contributed by atoms with Crippen molar-refractivity contribution in [3.05, 3.63) is 0 Å². The number of morpholine rings is 1. The predicted molar refractivity (Wildman–Crippen MR) is 78.8 cm³/mol. The Hall–Kier alpha value is -1.87. The summed E-state index contributed by atoms with van der Waals surface area (Å²) >= 11 is 0. The third kappa shape index (κ3) is 4.11. The average molecular weight is 329 g/mol. The minimum absolute atomic E-state index is 0.106. The number of nitrogens with zero attached hydrogens (tertiary/aromatic N) is 3.